The number of carbonyl (C=O) groups excluding carboxylic acids is 1. The SMILES string of the molecule is O=C(CC1C[C@@H]2CC[C@H]1C2)N1CCC(n2c(-c3ccccc3)nc3ccc(F)cc32)CC1. The third-order valence-corrected chi connectivity index (χ3v) is 8.19. The van der Waals surface area contributed by atoms with E-state index in [1.807, 2.05) is 18.2 Å². The number of fused-ring (bicyclic) bond motifs is 3. The van der Waals surface area contributed by atoms with E-state index in [1.54, 1.807) is 12.1 Å². The van der Waals surface area contributed by atoms with Gasteiger partial charge in [0.2, 0.25) is 5.91 Å². The first-order valence-electron chi connectivity index (χ1n) is 12.2. The van der Waals surface area contributed by atoms with Gasteiger partial charge in [-0.15, -0.1) is 0 Å². The van der Waals surface area contributed by atoms with Crippen LogP contribution < -0.4 is 0 Å². The summed E-state index contributed by atoms with van der Waals surface area (Å²) < 4.78 is 16.3. The lowest BCUT2D eigenvalue weighted by Crippen LogP contribution is -2.40. The molecule has 1 amide bonds. The van der Waals surface area contributed by atoms with Crippen LogP contribution in [0.15, 0.2) is 48.5 Å². The van der Waals surface area contributed by atoms with E-state index >= 15 is 0 Å². The van der Waals surface area contributed by atoms with Crippen molar-refractivity contribution in [1.82, 2.24) is 14.5 Å². The Hall–Kier alpha value is -2.69. The van der Waals surface area contributed by atoms with Crippen LogP contribution in [-0.2, 0) is 4.79 Å². The highest BCUT2D eigenvalue weighted by Crippen LogP contribution is 2.49. The highest BCUT2D eigenvalue weighted by Gasteiger charge is 2.41. The van der Waals surface area contributed by atoms with Crippen molar-refractivity contribution >= 4 is 16.9 Å². The predicted octanol–water partition coefficient (Wildman–Crippen LogP) is 5.83. The van der Waals surface area contributed by atoms with Crippen LogP contribution in [0.1, 0.15) is 51.0 Å². The van der Waals surface area contributed by atoms with Crippen molar-refractivity contribution in [1.29, 1.82) is 0 Å². The van der Waals surface area contributed by atoms with E-state index in [-0.39, 0.29) is 11.9 Å². The molecule has 4 nitrogen and oxygen atoms in total. The number of benzene rings is 2. The number of hydrogen-bond donors (Lipinski definition) is 0. The van der Waals surface area contributed by atoms with Gasteiger partial charge < -0.3 is 9.47 Å². The van der Waals surface area contributed by atoms with Gasteiger partial charge in [0.25, 0.3) is 0 Å². The highest BCUT2D eigenvalue weighted by atomic mass is 19.1. The third kappa shape index (κ3) is 3.52. The molecule has 1 aromatic heterocycles. The molecule has 3 aliphatic rings. The fraction of sp³-hybridized carbons (Fsp3) is 0.481. The summed E-state index contributed by atoms with van der Waals surface area (Å²) in [5, 5.41) is 0. The third-order valence-electron chi connectivity index (χ3n) is 8.19. The first-order chi connectivity index (χ1) is 15.7. The van der Waals surface area contributed by atoms with Gasteiger partial charge in [0.15, 0.2) is 0 Å². The van der Waals surface area contributed by atoms with E-state index in [2.05, 4.69) is 21.6 Å². The number of likely N-dealkylation sites (tertiary alicyclic amines) is 1. The van der Waals surface area contributed by atoms with Crippen molar-refractivity contribution in [2.45, 2.75) is 51.0 Å². The number of amides is 1. The smallest absolute Gasteiger partial charge is 0.222 e. The van der Waals surface area contributed by atoms with Crippen LogP contribution in [0.2, 0.25) is 0 Å². The zero-order valence-electron chi connectivity index (χ0n) is 18.4. The lowest BCUT2D eigenvalue weighted by Gasteiger charge is -2.35. The number of piperidine rings is 1. The molecule has 2 saturated carbocycles. The van der Waals surface area contributed by atoms with Crippen molar-refractivity contribution < 1.29 is 9.18 Å². The lowest BCUT2D eigenvalue weighted by molar-refractivity contribution is -0.133. The van der Waals surface area contributed by atoms with Crippen LogP contribution in [0.25, 0.3) is 22.4 Å². The quantitative estimate of drug-likeness (QED) is 0.521. The summed E-state index contributed by atoms with van der Waals surface area (Å²) in [4.78, 5) is 20.0. The van der Waals surface area contributed by atoms with Crippen molar-refractivity contribution in [2.24, 2.45) is 17.8 Å². The van der Waals surface area contributed by atoms with Gasteiger partial charge in [0, 0.05) is 31.1 Å². The van der Waals surface area contributed by atoms with Crippen LogP contribution in [0.5, 0.6) is 0 Å². The number of carbonyl (C=O) groups is 1. The molecule has 2 aliphatic carbocycles. The average molecular weight is 432 g/mol. The molecule has 2 heterocycles. The fourth-order valence-electron chi connectivity index (χ4n) is 6.58. The molecule has 1 saturated heterocycles. The van der Waals surface area contributed by atoms with E-state index in [1.165, 1.54) is 31.7 Å². The first-order valence-corrected chi connectivity index (χ1v) is 12.2. The van der Waals surface area contributed by atoms with Crippen LogP contribution in [0.4, 0.5) is 4.39 Å². The zero-order valence-corrected chi connectivity index (χ0v) is 18.4. The van der Waals surface area contributed by atoms with Gasteiger partial charge in [-0.2, -0.15) is 0 Å². The van der Waals surface area contributed by atoms with E-state index in [0.29, 0.717) is 11.8 Å². The highest BCUT2D eigenvalue weighted by molar-refractivity contribution is 5.81. The molecular weight excluding hydrogens is 401 g/mol. The molecule has 166 valence electrons. The fourth-order valence-corrected chi connectivity index (χ4v) is 6.58. The second-order valence-corrected chi connectivity index (χ2v) is 10.1. The number of imidazole rings is 1. The van der Waals surface area contributed by atoms with Gasteiger partial charge in [0.1, 0.15) is 11.6 Å². The van der Waals surface area contributed by atoms with Crippen molar-refractivity contribution in [2.75, 3.05) is 13.1 Å². The number of nitrogens with zero attached hydrogens (tertiary/aromatic N) is 3. The van der Waals surface area contributed by atoms with Gasteiger partial charge in [-0.05, 0) is 68.1 Å². The van der Waals surface area contributed by atoms with Gasteiger partial charge in [-0.3, -0.25) is 4.79 Å². The maximum Gasteiger partial charge on any atom is 0.222 e. The number of hydrogen-bond acceptors (Lipinski definition) is 2. The van der Waals surface area contributed by atoms with E-state index in [4.69, 9.17) is 4.98 Å². The van der Waals surface area contributed by atoms with Crippen LogP contribution >= 0.6 is 0 Å². The number of rotatable bonds is 4. The molecule has 3 aromatic rings. The Balaban J connectivity index is 1.22. The summed E-state index contributed by atoms with van der Waals surface area (Å²) in [6, 6.07) is 15.2. The Bertz CT molecular complexity index is 1130. The molecule has 5 heteroatoms. The van der Waals surface area contributed by atoms with Gasteiger partial charge >= 0.3 is 0 Å². The standard InChI is InChI=1S/C27H30FN3O/c28-22-8-9-24-25(17-22)31(27(29-24)19-4-2-1-3-5-19)23-10-12-30(13-11-23)26(32)16-21-15-18-6-7-20(21)14-18/h1-5,8-9,17-18,20-21,23H,6-7,10-16H2/t18-,20+,21?/m1/s1. The largest absolute Gasteiger partial charge is 0.343 e. The van der Waals surface area contributed by atoms with E-state index in [9.17, 15) is 9.18 Å². The van der Waals surface area contributed by atoms with Crippen LogP contribution in [0, 0.1) is 23.6 Å². The Morgan fingerprint density at radius 1 is 1.00 bits per heavy atom. The Morgan fingerprint density at radius 2 is 1.81 bits per heavy atom. The summed E-state index contributed by atoms with van der Waals surface area (Å²) in [7, 11) is 0. The Labute approximate surface area is 188 Å². The maximum atomic E-state index is 14.1. The molecule has 2 bridgehead atoms. The van der Waals surface area contributed by atoms with Crippen molar-refractivity contribution in [3.05, 3.63) is 54.3 Å². The minimum absolute atomic E-state index is 0.212. The molecule has 1 unspecified atom stereocenters. The second-order valence-electron chi connectivity index (χ2n) is 10.1. The van der Waals surface area contributed by atoms with Crippen LogP contribution in [0.3, 0.4) is 0 Å². The Morgan fingerprint density at radius 3 is 2.53 bits per heavy atom. The molecule has 6 rings (SSSR count). The molecule has 32 heavy (non-hydrogen) atoms. The van der Waals surface area contributed by atoms with Gasteiger partial charge in [-0.1, -0.05) is 36.8 Å². The van der Waals surface area contributed by atoms with Crippen molar-refractivity contribution in [3.63, 3.8) is 0 Å². The summed E-state index contributed by atoms with van der Waals surface area (Å²) >= 11 is 0. The Kier molecular flexibility index (Phi) is 5.00. The molecular formula is C27H30FN3O. The van der Waals surface area contributed by atoms with E-state index in [0.717, 1.165) is 66.6 Å². The number of aromatic nitrogens is 2. The topological polar surface area (TPSA) is 38.1 Å². The maximum absolute atomic E-state index is 14.1. The lowest BCUT2D eigenvalue weighted by atomic mass is 9.86. The van der Waals surface area contributed by atoms with Gasteiger partial charge in [-0.25, -0.2) is 9.37 Å². The van der Waals surface area contributed by atoms with Crippen molar-refractivity contribution in [3.8, 4) is 11.4 Å². The molecule has 3 fully saturated rings. The van der Waals surface area contributed by atoms with Gasteiger partial charge in [0.05, 0.1) is 11.0 Å². The second kappa shape index (κ2) is 8.02. The molecule has 0 radical (unpaired) electrons. The van der Waals surface area contributed by atoms with Crippen LogP contribution in [-0.4, -0.2) is 33.4 Å². The molecule has 0 spiro atoms. The first kappa shape index (κ1) is 20.0. The zero-order chi connectivity index (χ0) is 21.7. The summed E-state index contributed by atoms with van der Waals surface area (Å²) in [6.45, 7) is 1.54. The molecule has 1 aliphatic heterocycles. The molecule has 2 aromatic carbocycles. The minimum atomic E-state index is -0.239. The summed E-state index contributed by atoms with van der Waals surface area (Å²) in [6.07, 6.45) is 7.82. The normalized spacial score (nSPS) is 25.7. The minimum Gasteiger partial charge on any atom is -0.343 e. The average Bonchev–Trinajstić information content (AvgIpc) is 3.54. The molecule has 3 atom stereocenters. The summed E-state index contributed by atoms with van der Waals surface area (Å²) in [5.41, 5.74) is 2.70. The van der Waals surface area contributed by atoms with E-state index < -0.39 is 0 Å². The predicted molar refractivity (Wildman–Crippen MR) is 124 cm³/mol. The molecule has 0 N–H and O–H groups in total. The number of halogens is 1. The monoisotopic (exact) mass is 431 g/mol. The summed E-state index contributed by atoms with van der Waals surface area (Å²) in [5.74, 6) is 3.28.